The quantitative estimate of drug-likeness (QED) is 0.113. The zero-order valence-electron chi connectivity index (χ0n) is 27.8. The van der Waals surface area contributed by atoms with Gasteiger partial charge in [-0.3, -0.25) is 4.79 Å². The topological polar surface area (TPSA) is 123 Å². The first-order chi connectivity index (χ1) is 21.5. The van der Waals surface area contributed by atoms with Crippen LogP contribution in [0.25, 0.3) is 0 Å². The summed E-state index contributed by atoms with van der Waals surface area (Å²) in [5.41, 5.74) is 11.1. The Balaban J connectivity index is 0.00000736. The number of carbonyl (C=O) groups is 3. The number of rotatable bonds is 15. The number of esters is 2. The Kier molecular flexibility index (Phi) is 15.6. The van der Waals surface area contributed by atoms with Crippen LogP contribution in [0.15, 0.2) is 66.7 Å². The van der Waals surface area contributed by atoms with Gasteiger partial charge in [-0.1, -0.05) is 70.5 Å². The van der Waals surface area contributed by atoms with Crippen molar-refractivity contribution in [3.63, 3.8) is 0 Å². The van der Waals surface area contributed by atoms with E-state index in [-0.39, 0.29) is 30.8 Å². The van der Waals surface area contributed by atoms with E-state index < -0.39 is 18.7 Å². The maximum atomic E-state index is 13.2. The third-order valence-corrected chi connectivity index (χ3v) is 7.30. The molecule has 250 valence electrons. The molecule has 0 aromatic heterocycles. The summed E-state index contributed by atoms with van der Waals surface area (Å²) in [6, 6.07) is 20.0. The Bertz CT molecular complexity index is 1400. The molecule has 0 aliphatic carbocycles. The van der Waals surface area contributed by atoms with Crippen molar-refractivity contribution in [2.45, 2.75) is 66.8 Å². The van der Waals surface area contributed by atoms with Gasteiger partial charge in [-0.25, -0.2) is 9.59 Å². The van der Waals surface area contributed by atoms with Gasteiger partial charge in [-0.05, 0) is 78.6 Å². The van der Waals surface area contributed by atoms with Crippen LogP contribution in [0, 0.1) is 18.8 Å². The van der Waals surface area contributed by atoms with E-state index in [0.717, 1.165) is 35.5 Å². The van der Waals surface area contributed by atoms with Gasteiger partial charge in [0.25, 0.3) is 0 Å². The number of aryl methyl sites for hydroxylation is 1. The number of nitrogens with zero attached hydrogens (tertiary/aromatic N) is 1. The highest BCUT2D eigenvalue weighted by Gasteiger charge is 2.21. The first-order valence-corrected chi connectivity index (χ1v) is 15.6. The molecular weight excluding hydrogens is 604 g/mol. The molecule has 10 heteroatoms. The standard InChI is InChI=1S/C36H48N4O5.ClH/c1-7-28(19-34(41)44-23-45-35(42)29-12-10-27(20-37)11-13-29)30-14-17-33(40(21-24(2)3)22-25(4)5)32(18-30)39-36(43)38-31-15-8-26(6)9-16-31;/h8-18,24-25,28H,7,19-23,37H2,1-6H3,(H2,38,39,43);1H. The Morgan fingerprint density at radius 3 is 2.04 bits per heavy atom. The van der Waals surface area contributed by atoms with Gasteiger partial charge in [0.1, 0.15) is 0 Å². The fraction of sp³-hybridized carbons (Fsp3) is 0.417. The number of amides is 2. The van der Waals surface area contributed by atoms with Crippen molar-refractivity contribution < 1.29 is 23.9 Å². The van der Waals surface area contributed by atoms with E-state index in [1.807, 2.05) is 56.3 Å². The Hall–Kier alpha value is -4.08. The van der Waals surface area contributed by atoms with Gasteiger partial charge in [-0.15, -0.1) is 12.4 Å². The number of urea groups is 1. The highest BCUT2D eigenvalue weighted by Crippen LogP contribution is 2.34. The first-order valence-electron chi connectivity index (χ1n) is 15.6. The fourth-order valence-electron chi connectivity index (χ4n) is 5.02. The zero-order valence-corrected chi connectivity index (χ0v) is 28.6. The summed E-state index contributed by atoms with van der Waals surface area (Å²) in [6.45, 7) is 14.2. The lowest BCUT2D eigenvalue weighted by molar-refractivity contribution is -0.152. The average Bonchev–Trinajstić information content (AvgIpc) is 3.00. The first kappa shape index (κ1) is 38.1. The number of benzene rings is 3. The van der Waals surface area contributed by atoms with E-state index in [4.69, 9.17) is 15.2 Å². The lowest BCUT2D eigenvalue weighted by Crippen LogP contribution is -2.32. The number of carbonyl (C=O) groups excluding carboxylic acids is 3. The molecule has 9 nitrogen and oxygen atoms in total. The van der Waals surface area contributed by atoms with Crippen molar-refractivity contribution in [1.82, 2.24) is 0 Å². The summed E-state index contributed by atoms with van der Waals surface area (Å²) >= 11 is 0. The van der Waals surface area contributed by atoms with Crippen LogP contribution in [-0.2, 0) is 20.8 Å². The second-order valence-corrected chi connectivity index (χ2v) is 12.2. The molecular formula is C36H49ClN4O5. The minimum absolute atomic E-state index is 0. The van der Waals surface area contributed by atoms with Gasteiger partial charge in [0, 0.05) is 25.3 Å². The molecule has 0 saturated carbocycles. The van der Waals surface area contributed by atoms with Gasteiger partial charge < -0.3 is 30.7 Å². The summed E-state index contributed by atoms with van der Waals surface area (Å²) in [6.07, 6.45) is 0.758. The van der Waals surface area contributed by atoms with Crippen LogP contribution in [0.4, 0.5) is 21.9 Å². The van der Waals surface area contributed by atoms with Gasteiger partial charge in [0.05, 0.1) is 23.4 Å². The van der Waals surface area contributed by atoms with Gasteiger partial charge in [-0.2, -0.15) is 0 Å². The maximum Gasteiger partial charge on any atom is 0.340 e. The van der Waals surface area contributed by atoms with Gasteiger partial charge in [0.2, 0.25) is 6.79 Å². The minimum atomic E-state index is -0.582. The third kappa shape index (κ3) is 12.0. The Labute approximate surface area is 279 Å². The third-order valence-electron chi connectivity index (χ3n) is 7.30. The fourth-order valence-corrected chi connectivity index (χ4v) is 5.02. The highest BCUT2D eigenvalue weighted by molar-refractivity contribution is 6.02. The summed E-state index contributed by atoms with van der Waals surface area (Å²) in [5.74, 6) is -0.410. The Morgan fingerprint density at radius 1 is 0.848 bits per heavy atom. The van der Waals surface area contributed by atoms with Crippen molar-refractivity contribution in [2.24, 2.45) is 17.6 Å². The second kappa shape index (κ2) is 18.8. The van der Waals surface area contributed by atoms with E-state index in [1.54, 1.807) is 24.3 Å². The monoisotopic (exact) mass is 652 g/mol. The molecule has 1 atom stereocenters. The van der Waals surface area contributed by atoms with Crippen molar-refractivity contribution in [3.8, 4) is 0 Å². The van der Waals surface area contributed by atoms with Crippen molar-refractivity contribution >= 4 is 47.4 Å². The predicted octanol–water partition coefficient (Wildman–Crippen LogP) is 7.88. The molecule has 3 rings (SSSR count). The lowest BCUT2D eigenvalue weighted by atomic mass is 9.92. The van der Waals surface area contributed by atoms with Crippen LogP contribution < -0.4 is 21.3 Å². The lowest BCUT2D eigenvalue weighted by Gasteiger charge is -2.31. The van der Waals surface area contributed by atoms with Crippen LogP contribution in [0.5, 0.6) is 0 Å². The number of nitrogens with two attached hydrogens (primary N) is 1. The average molecular weight is 653 g/mol. The molecule has 2 amide bonds. The molecule has 0 saturated heterocycles. The van der Waals surface area contributed by atoms with Crippen LogP contribution >= 0.6 is 12.4 Å². The van der Waals surface area contributed by atoms with Crippen LogP contribution in [0.1, 0.15) is 80.4 Å². The number of hydrogen-bond donors (Lipinski definition) is 3. The molecule has 46 heavy (non-hydrogen) atoms. The summed E-state index contributed by atoms with van der Waals surface area (Å²) < 4.78 is 10.4. The largest absolute Gasteiger partial charge is 0.428 e. The van der Waals surface area contributed by atoms with Crippen molar-refractivity contribution in [2.75, 3.05) is 35.4 Å². The maximum absolute atomic E-state index is 13.2. The zero-order chi connectivity index (χ0) is 32.9. The van der Waals surface area contributed by atoms with Crippen molar-refractivity contribution in [1.29, 1.82) is 0 Å². The summed E-state index contributed by atoms with van der Waals surface area (Å²) in [4.78, 5) is 40.6. The van der Waals surface area contributed by atoms with E-state index in [1.165, 1.54) is 0 Å². The molecule has 4 N–H and O–H groups in total. The molecule has 0 fully saturated rings. The molecule has 0 heterocycles. The molecule has 0 bridgehead atoms. The van der Waals surface area contributed by atoms with Gasteiger partial charge in [0.15, 0.2) is 0 Å². The summed E-state index contributed by atoms with van der Waals surface area (Å²) in [5, 5.41) is 5.99. The normalized spacial score (nSPS) is 11.4. The number of hydrogen-bond acceptors (Lipinski definition) is 7. The predicted molar refractivity (Wildman–Crippen MR) is 188 cm³/mol. The van der Waals surface area contributed by atoms with E-state index in [9.17, 15) is 14.4 Å². The molecule has 0 aliphatic heterocycles. The summed E-state index contributed by atoms with van der Waals surface area (Å²) in [7, 11) is 0. The molecule has 0 radical (unpaired) electrons. The van der Waals surface area contributed by atoms with E-state index in [2.05, 4.69) is 43.2 Å². The second-order valence-electron chi connectivity index (χ2n) is 12.2. The molecule has 0 spiro atoms. The minimum Gasteiger partial charge on any atom is -0.428 e. The number of anilines is 3. The Morgan fingerprint density at radius 2 is 1.48 bits per heavy atom. The van der Waals surface area contributed by atoms with E-state index in [0.29, 0.717) is 41.7 Å². The van der Waals surface area contributed by atoms with Crippen LogP contribution in [0.2, 0.25) is 0 Å². The smallest absolute Gasteiger partial charge is 0.340 e. The SMILES string of the molecule is CCC(CC(=O)OCOC(=O)c1ccc(CN)cc1)c1ccc(N(CC(C)C)CC(C)C)c(NC(=O)Nc2ccc(C)cc2)c1.Cl. The molecule has 3 aromatic carbocycles. The molecule has 1 unspecified atom stereocenters. The van der Waals surface area contributed by atoms with Crippen LogP contribution in [0.3, 0.4) is 0 Å². The molecule has 0 aliphatic rings. The number of ether oxygens (including phenoxy) is 2. The van der Waals surface area contributed by atoms with Gasteiger partial charge >= 0.3 is 18.0 Å². The molecule has 3 aromatic rings. The number of nitrogens with one attached hydrogen (secondary N) is 2. The highest BCUT2D eigenvalue weighted by atomic mass is 35.5. The number of halogens is 1. The van der Waals surface area contributed by atoms with E-state index >= 15 is 0 Å². The van der Waals surface area contributed by atoms with Crippen molar-refractivity contribution in [3.05, 3.63) is 89.0 Å². The van der Waals surface area contributed by atoms with Crippen LogP contribution in [-0.4, -0.2) is 37.9 Å².